The van der Waals surface area contributed by atoms with Crippen LogP contribution in [-0.2, 0) is 4.79 Å². The molecule has 1 aromatic heterocycles. The van der Waals surface area contributed by atoms with E-state index in [4.69, 9.17) is 0 Å². The van der Waals surface area contributed by atoms with Crippen molar-refractivity contribution < 1.29 is 9.90 Å². The summed E-state index contributed by atoms with van der Waals surface area (Å²) in [6, 6.07) is 10.7. The summed E-state index contributed by atoms with van der Waals surface area (Å²) in [5, 5.41) is 12.2. The van der Waals surface area contributed by atoms with Gasteiger partial charge in [0.25, 0.3) is 0 Å². The lowest BCUT2D eigenvalue weighted by molar-refractivity contribution is -0.138. The molecule has 0 saturated heterocycles. The first-order valence-electron chi connectivity index (χ1n) is 7.08. The van der Waals surface area contributed by atoms with E-state index in [1.165, 1.54) is 0 Å². The first-order valence-corrected chi connectivity index (χ1v) is 7.08. The van der Waals surface area contributed by atoms with E-state index in [1.807, 2.05) is 37.3 Å². The van der Waals surface area contributed by atoms with Crippen LogP contribution in [0.5, 0.6) is 0 Å². The van der Waals surface area contributed by atoms with Crippen molar-refractivity contribution in [3.05, 3.63) is 42.6 Å². The number of unbranched alkanes of at least 4 members (excludes halogenated alkanes) is 1. The highest BCUT2D eigenvalue weighted by Gasteiger charge is 2.17. The van der Waals surface area contributed by atoms with Crippen LogP contribution in [0.1, 0.15) is 26.2 Å². The van der Waals surface area contributed by atoms with Gasteiger partial charge in [-0.25, -0.2) is 14.8 Å². The van der Waals surface area contributed by atoms with Gasteiger partial charge in [-0.1, -0.05) is 50.1 Å². The fourth-order valence-corrected chi connectivity index (χ4v) is 2.01. The van der Waals surface area contributed by atoms with E-state index in [2.05, 4.69) is 15.3 Å². The highest BCUT2D eigenvalue weighted by Crippen LogP contribution is 2.16. The molecule has 0 radical (unpaired) electrons. The van der Waals surface area contributed by atoms with Crippen LogP contribution in [0.3, 0.4) is 0 Å². The standard InChI is InChI=1S/C16H19N3O2/c1-2-3-9-13(16(20)21)18-14-10-11-17-15(19-14)12-7-5-4-6-8-12/h4-8,10-11,13H,2-3,9H2,1H3,(H,20,21)(H,17,18,19)/t13-/m0/s1. The number of carbonyl (C=O) groups is 1. The van der Waals surface area contributed by atoms with Gasteiger partial charge in [0.05, 0.1) is 0 Å². The Balaban J connectivity index is 2.15. The van der Waals surface area contributed by atoms with Crippen molar-refractivity contribution in [1.29, 1.82) is 0 Å². The molecule has 0 bridgehead atoms. The first kappa shape index (κ1) is 15.0. The summed E-state index contributed by atoms with van der Waals surface area (Å²) in [6.45, 7) is 2.04. The number of aliphatic carboxylic acids is 1. The van der Waals surface area contributed by atoms with Crippen LogP contribution in [0.15, 0.2) is 42.6 Å². The molecule has 0 unspecified atom stereocenters. The van der Waals surface area contributed by atoms with Crippen LogP contribution in [0.4, 0.5) is 5.82 Å². The highest BCUT2D eigenvalue weighted by atomic mass is 16.4. The highest BCUT2D eigenvalue weighted by molar-refractivity contribution is 5.76. The molecule has 5 nitrogen and oxygen atoms in total. The lowest BCUT2D eigenvalue weighted by Gasteiger charge is -2.15. The number of carboxylic acids is 1. The van der Waals surface area contributed by atoms with Gasteiger partial charge in [-0.15, -0.1) is 0 Å². The Morgan fingerprint density at radius 3 is 2.71 bits per heavy atom. The van der Waals surface area contributed by atoms with Crippen LogP contribution < -0.4 is 5.32 Å². The molecule has 21 heavy (non-hydrogen) atoms. The third kappa shape index (κ3) is 4.27. The fourth-order valence-electron chi connectivity index (χ4n) is 2.01. The topological polar surface area (TPSA) is 75.1 Å². The van der Waals surface area contributed by atoms with Gasteiger partial charge in [0.2, 0.25) is 0 Å². The smallest absolute Gasteiger partial charge is 0.326 e. The van der Waals surface area contributed by atoms with Gasteiger partial charge in [-0.05, 0) is 12.5 Å². The molecule has 0 fully saturated rings. The Labute approximate surface area is 124 Å². The molecule has 0 aliphatic rings. The lowest BCUT2D eigenvalue weighted by atomic mass is 10.1. The Morgan fingerprint density at radius 2 is 2.05 bits per heavy atom. The molecular weight excluding hydrogens is 266 g/mol. The molecule has 0 aliphatic heterocycles. The Hall–Kier alpha value is -2.43. The minimum atomic E-state index is -0.858. The second kappa shape index (κ2) is 7.38. The number of hydrogen-bond acceptors (Lipinski definition) is 4. The summed E-state index contributed by atoms with van der Waals surface area (Å²) in [6.07, 6.45) is 4.04. The molecule has 1 aromatic carbocycles. The van der Waals surface area contributed by atoms with E-state index < -0.39 is 12.0 Å². The van der Waals surface area contributed by atoms with Crippen molar-refractivity contribution in [1.82, 2.24) is 9.97 Å². The van der Waals surface area contributed by atoms with Gasteiger partial charge in [-0.2, -0.15) is 0 Å². The number of nitrogens with zero attached hydrogens (tertiary/aromatic N) is 2. The second-order valence-electron chi connectivity index (χ2n) is 4.81. The normalized spacial score (nSPS) is 11.9. The maximum atomic E-state index is 11.3. The zero-order chi connectivity index (χ0) is 15.1. The van der Waals surface area contributed by atoms with E-state index in [-0.39, 0.29) is 0 Å². The maximum Gasteiger partial charge on any atom is 0.326 e. The minimum Gasteiger partial charge on any atom is -0.480 e. The molecule has 0 amide bonds. The Morgan fingerprint density at radius 1 is 1.29 bits per heavy atom. The number of nitrogens with one attached hydrogen (secondary N) is 1. The number of anilines is 1. The molecule has 110 valence electrons. The molecule has 2 aromatic rings. The largest absolute Gasteiger partial charge is 0.480 e. The number of aromatic nitrogens is 2. The molecular formula is C16H19N3O2. The lowest BCUT2D eigenvalue weighted by Crippen LogP contribution is -2.29. The number of rotatable bonds is 7. The predicted octanol–water partition coefficient (Wildman–Crippen LogP) is 3.20. The molecule has 0 spiro atoms. The number of benzene rings is 1. The summed E-state index contributed by atoms with van der Waals surface area (Å²) >= 11 is 0. The van der Waals surface area contributed by atoms with Gasteiger partial charge in [0.15, 0.2) is 5.82 Å². The van der Waals surface area contributed by atoms with Crippen LogP contribution in [-0.4, -0.2) is 27.1 Å². The average molecular weight is 285 g/mol. The molecule has 5 heteroatoms. The average Bonchev–Trinajstić information content (AvgIpc) is 2.52. The number of hydrogen-bond donors (Lipinski definition) is 2. The van der Waals surface area contributed by atoms with Gasteiger partial charge in [0.1, 0.15) is 11.9 Å². The molecule has 0 saturated carbocycles. The van der Waals surface area contributed by atoms with Crippen molar-refractivity contribution in [3.8, 4) is 11.4 Å². The van der Waals surface area contributed by atoms with Gasteiger partial charge < -0.3 is 10.4 Å². The second-order valence-corrected chi connectivity index (χ2v) is 4.81. The summed E-state index contributed by atoms with van der Waals surface area (Å²) in [5.74, 6) is 0.260. The van der Waals surface area contributed by atoms with E-state index in [0.717, 1.165) is 18.4 Å². The SMILES string of the molecule is CCCC[C@H](Nc1ccnc(-c2ccccc2)n1)C(=O)O. The van der Waals surface area contributed by atoms with E-state index >= 15 is 0 Å². The van der Waals surface area contributed by atoms with E-state index in [0.29, 0.717) is 18.1 Å². The van der Waals surface area contributed by atoms with E-state index in [1.54, 1.807) is 12.3 Å². The van der Waals surface area contributed by atoms with Crippen LogP contribution in [0.2, 0.25) is 0 Å². The summed E-state index contributed by atoms with van der Waals surface area (Å²) in [7, 11) is 0. The van der Waals surface area contributed by atoms with Crippen molar-refractivity contribution in [3.63, 3.8) is 0 Å². The maximum absolute atomic E-state index is 11.3. The zero-order valence-electron chi connectivity index (χ0n) is 12.0. The molecule has 2 rings (SSSR count). The van der Waals surface area contributed by atoms with Crippen molar-refractivity contribution in [2.75, 3.05) is 5.32 Å². The first-order chi connectivity index (χ1) is 10.2. The monoisotopic (exact) mass is 285 g/mol. The van der Waals surface area contributed by atoms with Crippen LogP contribution >= 0.6 is 0 Å². The minimum absolute atomic E-state index is 0.535. The molecule has 1 atom stereocenters. The van der Waals surface area contributed by atoms with Crippen molar-refractivity contribution in [2.24, 2.45) is 0 Å². The van der Waals surface area contributed by atoms with Crippen LogP contribution in [0, 0.1) is 0 Å². The van der Waals surface area contributed by atoms with Gasteiger partial charge in [0, 0.05) is 11.8 Å². The molecule has 0 aliphatic carbocycles. The number of carboxylic acid groups (broad SMARTS) is 1. The summed E-state index contributed by atoms with van der Waals surface area (Å²) < 4.78 is 0. The Bertz CT molecular complexity index is 587. The third-order valence-corrected chi connectivity index (χ3v) is 3.15. The fraction of sp³-hybridized carbons (Fsp3) is 0.312. The predicted molar refractivity (Wildman–Crippen MR) is 82.0 cm³/mol. The van der Waals surface area contributed by atoms with Gasteiger partial charge in [-0.3, -0.25) is 0 Å². The molecule has 2 N–H and O–H groups in total. The Kier molecular flexibility index (Phi) is 5.26. The quantitative estimate of drug-likeness (QED) is 0.817. The van der Waals surface area contributed by atoms with Crippen molar-refractivity contribution >= 4 is 11.8 Å². The zero-order valence-corrected chi connectivity index (χ0v) is 12.0. The summed E-state index contributed by atoms with van der Waals surface area (Å²) in [4.78, 5) is 19.9. The third-order valence-electron chi connectivity index (χ3n) is 3.15. The van der Waals surface area contributed by atoms with E-state index in [9.17, 15) is 9.90 Å². The molecule has 1 heterocycles. The summed E-state index contributed by atoms with van der Waals surface area (Å²) in [5.41, 5.74) is 0.904. The van der Waals surface area contributed by atoms with Crippen molar-refractivity contribution in [2.45, 2.75) is 32.2 Å². The van der Waals surface area contributed by atoms with Gasteiger partial charge >= 0.3 is 5.97 Å². The van der Waals surface area contributed by atoms with Crippen LogP contribution in [0.25, 0.3) is 11.4 Å².